The number of nitrogens with zero attached hydrogens (tertiary/aromatic N) is 1. The summed E-state index contributed by atoms with van der Waals surface area (Å²) in [4.78, 5) is 3.09. The van der Waals surface area contributed by atoms with Gasteiger partial charge in [0.05, 0.1) is 0 Å². The molecule has 3 heteroatoms. The molecule has 0 saturated carbocycles. The largest absolute Gasteiger partial charge is 0.507 e. The minimum atomic E-state index is 0.381. The summed E-state index contributed by atoms with van der Waals surface area (Å²) in [6, 6.07) is 7.44. The Morgan fingerprint density at radius 2 is 2.00 bits per heavy atom. The lowest BCUT2D eigenvalue weighted by molar-refractivity contribution is 0.437. The second kappa shape index (κ2) is 5.14. The molecule has 0 fully saturated rings. The summed E-state index contributed by atoms with van der Waals surface area (Å²) in [6.07, 6.45) is 0. The summed E-state index contributed by atoms with van der Waals surface area (Å²) in [5.74, 6) is 1.39. The Labute approximate surface area is 83.6 Å². The molecule has 1 aromatic carbocycles. The molecule has 0 atom stereocenters. The third kappa shape index (κ3) is 3.70. The van der Waals surface area contributed by atoms with E-state index in [0.717, 1.165) is 17.2 Å². The lowest BCUT2D eigenvalue weighted by Crippen LogP contribution is -2.14. The first-order chi connectivity index (χ1) is 6.20. The summed E-state index contributed by atoms with van der Waals surface area (Å²) in [5, 5.41) is 9.44. The van der Waals surface area contributed by atoms with Crippen LogP contribution in [0.1, 0.15) is 0 Å². The average Bonchev–Trinajstić information content (AvgIpc) is 2.08. The van der Waals surface area contributed by atoms with Gasteiger partial charge in [-0.2, -0.15) is 0 Å². The Balaban J connectivity index is 2.41. The first kappa shape index (κ1) is 10.4. The standard InChI is InChI=1S/C10H15NOS/c1-11(2)7-8-13-10-6-4-3-5-9(10)12/h3-6,12H,7-8H2,1-2H3. The SMILES string of the molecule is CN(C)CCSc1ccccc1O. The highest BCUT2D eigenvalue weighted by molar-refractivity contribution is 7.99. The zero-order valence-corrected chi connectivity index (χ0v) is 8.84. The molecule has 0 bridgehead atoms. The third-order valence-corrected chi connectivity index (χ3v) is 2.70. The van der Waals surface area contributed by atoms with Crippen molar-refractivity contribution in [2.24, 2.45) is 0 Å². The van der Waals surface area contributed by atoms with E-state index in [9.17, 15) is 5.11 Å². The molecule has 0 aliphatic carbocycles. The van der Waals surface area contributed by atoms with Gasteiger partial charge in [-0.1, -0.05) is 12.1 Å². The highest BCUT2D eigenvalue weighted by atomic mass is 32.2. The first-order valence-electron chi connectivity index (χ1n) is 4.25. The minimum Gasteiger partial charge on any atom is -0.507 e. The summed E-state index contributed by atoms with van der Waals surface area (Å²) in [7, 11) is 4.09. The zero-order valence-electron chi connectivity index (χ0n) is 8.03. The van der Waals surface area contributed by atoms with Crippen LogP contribution >= 0.6 is 11.8 Å². The van der Waals surface area contributed by atoms with Crippen molar-refractivity contribution in [3.8, 4) is 5.75 Å². The third-order valence-electron chi connectivity index (χ3n) is 1.66. The normalized spacial score (nSPS) is 10.7. The lowest BCUT2D eigenvalue weighted by atomic mass is 10.3. The maximum atomic E-state index is 9.44. The zero-order chi connectivity index (χ0) is 9.68. The van der Waals surface area contributed by atoms with E-state index in [1.54, 1.807) is 17.8 Å². The molecule has 0 aliphatic heterocycles. The van der Waals surface area contributed by atoms with Crippen molar-refractivity contribution in [1.29, 1.82) is 0 Å². The van der Waals surface area contributed by atoms with Crippen LogP contribution in [0.5, 0.6) is 5.75 Å². The number of phenols is 1. The molecule has 72 valence electrons. The molecule has 0 aromatic heterocycles. The number of benzene rings is 1. The first-order valence-corrected chi connectivity index (χ1v) is 5.24. The molecule has 0 unspecified atom stereocenters. The van der Waals surface area contributed by atoms with Gasteiger partial charge in [0.2, 0.25) is 0 Å². The van der Waals surface area contributed by atoms with E-state index in [-0.39, 0.29) is 0 Å². The van der Waals surface area contributed by atoms with Crippen LogP contribution in [0.2, 0.25) is 0 Å². The van der Waals surface area contributed by atoms with E-state index in [4.69, 9.17) is 0 Å². The van der Waals surface area contributed by atoms with Gasteiger partial charge in [-0.05, 0) is 26.2 Å². The van der Waals surface area contributed by atoms with Gasteiger partial charge >= 0.3 is 0 Å². The maximum Gasteiger partial charge on any atom is 0.129 e. The van der Waals surface area contributed by atoms with Crippen LogP contribution in [-0.2, 0) is 0 Å². The number of phenolic OH excluding ortho intramolecular Hbond substituents is 1. The van der Waals surface area contributed by atoms with Crippen LogP contribution in [0.15, 0.2) is 29.2 Å². The van der Waals surface area contributed by atoms with Crippen LogP contribution in [0.4, 0.5) is 0 Å². The van der Waals surface area contributed by atoms with Crippen LogP contribution in [0.25, 0.3) is 0 Å². The fraction of sp³-hybridized carbons (Fsp3) is 0.400. The van der Waals surface area contributed by atoms with Gasteiger partial charge in [-0.3, -0.25) is 0 Å². The molecule has 1 N–H and O–H groups in total. The van der Waals surface area contributed by atoms with Gasteiger partial charge in [0.25, 0.3) is 0 Å². The van der Waals surface area contributed by atoms with E-state index < -0.39 is 0 Å². The molecule has 0 amide bonds. The van der Waals surface area contributed by atoms with Crippen molar-refractivity contribution in [3.63, 3.8) is 0 Å². The summed E-state index contributed by atoms with van der Waals surface area (Å²) >= 11 is 1.68. The lowest BCUT2D eigenvalue weighted by Gasteiger charge is -2.09. The molecule has 0 heterocycles. The quantitative estimate of drug-likeness (QED) is 0.747. The molecule has 0 saturated heterocycles. The molecular weight excluding hydrogens is 182 g/mol. The number of aromatic hydroxyl groups is 1. The molecule has 13 heavy (non-hydrogen) atoms. The van der Waals surface area contributed by atoms with Gasteiger partial charge in [0.1, 0.15) is 5.75 Å². The van der Waals surface area contributed by atoms with Crippen LogP contribution in [0.3, 0.4) is 0 Å². The summed E-state index contributed by atoms with van der Waals surface area (Å²) in [5.41, 5.74) is 0. The van der Waals surface area contributed by atoms with Crippen LogP contribution in [-0.4, -0.2) is 36.4 Å². The highest BCUT2D eigenvalue weighted by Gasteiger charge is 1.99. The van der Waals surface area contributed by atoms with Gasteiger partial charge in [-0.25, -0.2) is 0 Å². The smallest absolute Gasteiger partial charge is 0.129 e. The number of thioether (sulfide) groups is 1. The molecule has 0 radical (unpaired) electrons. The average molecular weight is 197 g/mol. The van der Waals surface area contributed by atoms with Crippen molar-refractivity contribution in [2.45, 2.75) is 4.90 Å². The van der Waals surface area contributed by atoms with E-state index >= 15 is 0 Å². The number of hydrogen-bond acceptors (Lipinski definition) is 3. The molecule has 1 aromatic rings. The van der Waals surface area contributed by atoms with Gasteiger partial charge in [0, 0.05) is 17.2 Å². The monoisotopic (exact) mass is 197 g/mol. The number of hydrogen-bond donors (Lipinski definition) is 1. The summed E-state index contributed by atoms with van der Waals surface area (Å²) < 4.78 is 0. The molecule has 2 nitrogen and oxygen atoms in total. The Hall–Kier alpha value is -0.670. The van der Waals surface area contributed by atoms with Crippen molar-refractivity contribution in [2.75, 3.05) is 26.4 Å². The Kier molecular flexibility index (Phi) is 4.12. The van der Waals surface area contributed by atoms with Crippen molar-refractivity contribution in [3.05, 3.63) is 24.3 Å². The fourth-order valence-electron chi connectivity index (χ4n) is 0.917. The Bertz CT molecular complexity index is 263. The second-order valence-electron chi connectivity index (χ2n) is 3.12. The maximum absolute atomic E-state index is 9.44. The van der Waals surface area contributed by atoms with E-state index in [1.807, 2.05) is 32.3 Å². The van der Waals surface area contributed by atoms with E-state index in [0.29, 0.717) is 5.75 Å². The van der Waals surface area contributed by atoms with Gasteiger partial charge in [-0.15, -0.1) is 11.8 Å². The number of para-hydroxylation sites is 1. The second-order valence-corrected chi connectivity index (χ2v) is 4.26. The van der Waals surface area contributed by atoms with Gasteiger partial charge < -0.3 is 10.0 Å². The van der Waals surface area contributed by atoms with E-state index in [2.05, 4.69) is 4.90 Å². The van der Waals surface area contributed by atoms with Crippen LogP contribution in [0, 0.1) is 0 Å². The van der Waals surface area contributed by atoms with Crippen molar-refractivity contribution >= 4 is 11.8 Å². The predicted molar refractivity (Wildman–Crippen MR) is 57.4 cm³/mol. The Morgan fingerprint density at radius 3 is 2.62 bits per heavy atom. The molecule has 1 rings (SSSR count). The predicted octanol–water partition coefficient (Wildman–Crippen LogP) is 2.05. The number of rotatable bonds is 4. The van der Waals surface area contributed by atoms with Crippen LogP contribution < -0.4 is 0 Å². The minimum absolute atomic E-state index is 0.381. The van der Waals surface area contributed by atoms with Crippen molar-refractivity contribution in [1.82, 2.24) is 4.90 Å². The van der Waals surface area contributed by atoms with Gasteiger partial charge in [0.15, 0.2) is 0 Å². The van der Waals surface area contributed by atoms with E-state index in [1.165, 1.54) is 0 Å². The molecule has 0 spiro atoms. The fourth-order valence-corrected chi connectivity index (χ4v) is 1.98. The van der Waals surface area contributed by atoms with Crippen molar-refractivity contribution < 1.29 is 5.11 Å². The Morgan fingerprint density at radius 1 is 1.31 bits per heavy atom. The molecular formula is C10H15NOS. The summed E-state index contributed by atoms with van der Waals surface area (Å²) in [6.45, 7) is 1.03. The topological polar surface area (TPSA) is 23.5 Å². The molecule has 0 aliphatic rings. The highest BCUT2D eigenvalue weighted by Crippen LogP contribution is 2.27.